The average Bonchev–Trinajstić information content (AvgIpc) is 2.48. The maximum atomic E-state index is 10.7. The lowest BCUT2D eigenvalue weighted by Crippen LogP contribution is -2.23. The second kappa shape index (κ2) is 6.14. The van der Waals surface area contributed by atoms with Gasteiger partial charge in [-0.15, -0.1) is 0 Å². The van der Waals surface area contributed by atoms with Crippen LogP contribution in [0.15, 0.2) is 42.7 Å². The van der Waals surface area contributed by atoms with Crippen molar-refractivity contribution in [1.82, 2.24) is 9.97 Å². The number of carboxylic acids is 1. The van der Waals surface area contributed by atoms with Gasteiger partial charge >= 0.3 is 5.97 Å². The number of benzene rings is 1. The molecule has 0 aliphatic carbocycles. The van der Waals surface area contributed by atoms with Gasteiger partial charge in [0.2, 0.25) is 0 Å². The highest BCUT2D eigenvalue weighted by atomic mass is 16.4. The first-order valence-corrected chi connectivity index (χ1v) is 6.44. The maximum absolute atomic E-state index is 10.7. The van der Waals surface area contributed by atoms with E-state index in [0.717, 1.165) is 0 Å². The van der Waals surface area contributed by atoms with Crippen LogP contribution < -0.4 is 5.32 Å². The van der Waals surface area contributed by atoms with Crippen molar-refractivity contribution in [1.29, 1.82) is 0 Å². The number of hydrogen-bond donors (Lipinski definition) is 2. The Balaban J connectivity index is 2.04. The van der Waals surface area contributed by atoms with Gasteiger partial charge in [-0.2, -0.15) is 0 Å². The van der Waals surface area contributed by atoms with Gasteiger partial charge < -0.3 is 10.4 Å². The van der Waals surface area contributed by atoms with Crippen molar-refractivity contribution in [2.75, 3.05) is 5.32 Å². The van der Waals surface area contributed by atoms with Crippen LogP contribution in [0.2, 0.25) is 0 Å². The Kier molecular flexibility index (Phi) is 4.30. The Bertz CT molecular complexity index is 569. The number of anilines is 1. The highest BCUT2D eigenvalue weighted by Gasteiger charge is 2.14. The Morgan fingerprint density at radius 1 is 1.15 bits per heavy atom. The Morgan fingerprint density at radius 3 is 2.40 bits per heavy atom. The maximum Gasteiger partial charge on any atom is 0.356 e. The van der Waals surface area contributed by atoms with Crippen molar-refractivity contribution in [3.05, 3.63) is 54.0 Å². The van der Waals surface area contributed by atoms with E-state index in [9.17, 15) is 4.79 Å². The zero-order valence-corrected chi connectivity index (χ0v) is 11.4. The zero-order valence-electron chi connectivity index (χ0n) is 11.4. The van der Waals surface area contributed by atoms with Gasteiger partial charge in [0.15, 0.2) is 5.69 Å². The molecule has 0 bridgehead atoms. The van der Waals surface area contributed by atoms with Gasteiger partial charge in [0.25, 0.3) is 0 Å². The van der Waals surface area contributed by atoms with Gasteiger partial charge in [-0.05, 0) is 12.5 Å². The first-order valence-electron chi connectivity index (χ1n) is 6.44. The van der Waals surface area contributed by atoms with E-state index in [0.29, 0.717) is 11.7 Å². The Morgan fingerprint density at radius 2 is 1.85 bits per heavy atom. The van der Waals surface area contributed by atoms with Crippen molar-refractivity contribution >= 4 is 11.8 Å². The molecule has 104 valence electrons. The lowest BCUT2D eigenvalue weighted by Gasteiger charge is -2.22. The smallest absolute Gasteiger partial charge is 0.356 e. The number of nitrogens with one attached hydrogen (secondary N) is 1. The van der Waals surface area contributed by atoms with Gasteiger partial charge in [0, 0.05) is 12.0 Å². The van der Waals surface area contributed by atoms with Crippen molar-refractivity contribution in [2.45, 2.75) is 25.8 Å². The zero-order chi connectivity index (χ0) is 14.5. The standard InChI is InChI=1S/C15H17N3O2/c1-10(12-6-4-3-5-7-12)11(2)18-14-9-16-13(8-17-14)15(19)20/h3-11H,1-2H3,(H,17,18)(H,19,20). The quantitative estimate of drug-likeness (QED) is 0.874. The van der Waals surface area contributed by atoms with E-state index < -0.39 is 5.97 Å². The third kappa shape index (κ3) is 3.32. The van der Waals surface area contributed by atoms with Gasteiger partial charge in [0.05, 0.1) is 12.4 Å². The third-order valence-corrected chi connectivity index (χ3v) is 3.32. The number of hydrogen-bond acceptors (Lipinski definition) is 4. The van der Waals surface area contributed by atoms with E-state index in [-0.39, 0.29) is 11.7 Å². The molecule has 20 heavy (non-hydrogen) atoms. The van der Waals surface area contributed by atoms with Crippen LogP contribution in [0.1, 0.15) is 35.8 Å². The van der Waals surface area contributed by atoms with E-state index in [1.54, 1.807) is 0 Å². The van der Waals surface area contributed by atoms with Crippen molar-refractivity contribution < 1.29 is 9.90 Å². The molecule has 0 amide bonds. The second-order valence-corrected chi connectivity index (χ2v) is 4.72. The fourth-order valence-corrected chi connectivity index (χ4v) is 1.92. The second-order valence-electron chi connectivity index (χ2n) is 4.72. The number of nitrogens with zero attached hydrogens (tertiary/aromatic N) is 2. The highest BCUT2D eigenvalue weighted by molar-refractivity contribution is 5.84. The number of rotatable bonds is 5. The number of aromatic nitrogens is 2. The summed E-state index contributed by atoms with van der Waals surface area (Å²) in [4.78, 5) is 18.6. The summed E-state index contributed by atoms with van der Waals surface area (Å²) in [7, 11) is 0. The van der Waals surface area contributed by atoms with Crippen LogP contribution >= 0.6 is 0 Å². The van der Waals surface area contributed by atoms with E-state index in [1.165, 1.54) is 18.0 Å². The number of carbonyl (C=O) groups is 1. The largest absolute Gasteiger partial charge is 0.476 e. The van der Waals surface area contributed by atoms with Crippen LogP contribution in [0.4, 0.5) is 5.82 Å². The third-order valence-electron chi connectivity index (χ3n) is 3.32. The van der Waals surface area contributed by atoms with Gasteiger partial charge in [-0.25, -0.2) is 14.8 Å². The van der Waals surface area contributed by atoms with Crippen LogP contribution in [0.5, 0.6) is 0 Å². The average molecular weight is 271 g/mol. The SMILES string of the molecule is CC(Nc1cnc(C(=O)O)cn1)C(C)c1ccccc1. The molecule has 0 saturated carbocycles. The minimum atomic E-state index is -1.07. The lowest BCUT2D eigenvalue weighted by molar-refractivity contribution is 0.0690. The summed E-state index contributed by atoms with van der Waals surface area (Å²) in [5.74, 6) is -0.197. The van der Waals surface area contributed by atoms with Crippen molar-refractivity contribution in [3.8, 4) is 0 Å². The summed E-state index contributed by atoms with van der Waals surface area (Å²) in [6.07, 6.45) is 2.70. The lowest BCUT2D eigenvalue weighted by atomic mass is 9.94. The normalized spacial score (nSPS) is 13.5. The fraction of sp³-hybridized carbons (Fsp3) is 0.267. The fourth-order valence-electron chi connectivity index (χ4n) is 1.92. The van der Waals surface area contributed by atoms with Crippen LogP contribution in [-0.2, 0) is 0 Å². The number of carboxylic acid groups (broad SMARTS) is 1. The van der Waals surface area contributed by atoms with Gasteiger partial charge in [-0.1, -0.05) is 37.3 Å². The molecular formula is C15H17N3O2. The van der Waals surface area contributed by atoms with Gasteiger partial charge in [0.1, 0.15) is 5.82 Å². The summed E-state index contributed by atoms with van der Waals surface area (Å²) >= 11 is 0. The Hall–Kier alpha value is -2.43. The summed E-state index contributed by atoms with van der Waals surface area (Å²) in [5, 5.41) is 12.0. The predicted molar refractivity (Wildman–Crippen MR) is 76.9 cm³/mol. The predicted octanol–water partition coefficient (Wildman–Crippen LogP) is 2.78. The van der Waals surface area contributed by atoms with Crippen LogP contribution in [-0.4, -0.2) is 27.1 Å². The molecule has 2 aromatic rings. The van der Waals surface area contributed by atoms with Crippen LogP contribution in [0.25, 0.3) is 0 Å². The molecule has 0 saturated heterocycles. The van der Waals surface area contributed by atoms with Crippen molar-refractivity contribution in [2.24, 2.45) is 0 Å². The summed E-state index contributed by atoms with van der Waals surface area (Å²) in [6.45, 7) is 4.19. The van der Waals surface area contributed by atoms with Gasteiger partial charge in [-0.3, -0.25) is 0 Å². The first kappa shape index (κ1) is 14.0. The molecule has 1 aromatic heterocycles. The van der Waals surface area contributed by atoms with E-state index >= 15 is 0 Å². The molecule has 1 heterocycles. The number of aromatic carboxylic acids is 1. The minimum absolute atomic E-state index is 0.0562. The molecule has 0 aliphatic rings. The molecular weight excluding hydrogens is 254 g/mol. The monoisotopic (exact) mass is 271 g/mol. The van der Waals surface area contributed by atoms with Crippen LogP contribution in [0.3, 0.4) is 0 Å². The molecule has 0 fully saturated rings. The van der Waals surface area contributed by atoms with Crippen molar-refractivity contribution in [3.63, 3.8) is 0 Å². The molecule has 2 rings (SSSR count). The molecule has 2 atom stereocenters. The first-order chi connectivity index (χ1) is 9.58. The molecule has 0 radical (unpaired) electrons. The Labute approximate surface area is 117 Å². The van der Waals surface area contributed by atoms with Crippen LogP contribution in [0, 0.1) is 0 Å². The summed E-state index contributed by atoms with van der Waals surface area (Å²) in [5.41, 5.74) is 1.18. The molecule has 5 heteroatoms. The minimum Gasteiger partial charge on any atom is -0.476 e. The van der Waals surface area contributed by atoms with E-state index in [2.05, 4.69) is 41.3 Å². The van der Waals surface area contributed by atoms with E-state index in [4.69, 9.17) is 5.11 Å². The molecule has 2 unspecified atom stereocenters. The molecule has 2 N–H and O–H groups in total. The topological polar surface area (TPSA) is 75.1 Å². The molecule has 5 nitrogen and oxygen atoms in total. The summed E-state index contributed by atoms with van der Waals surface area (Å²) in [6, 6.07) is 10.3. The highest BCUT2D eigenvalue weighted by Crippen LogP contribution is 2.20. The molecule has 0 spiro atoms. The molecule has 0 aliphatic heterocycles. The summed E-state index contributed by atoms with van der Waals surface area (Å²) < 4.78 is 0. The molecule has 1 aromatic carbocycles. The van der Waals surface area contributed by atoms with E-state index in [1.807, 2.05) is 18.2 Å².